The lowest BCUT2D eigenvalue weighted by Gasteiger charge is -2.11. The van der Waals surface area contributed by atoms with Gasteiger partial charge < -0.3 is 10.1 Å². The van der Waals surface area contributed by atoms with Gasteiger partial charge in [0.25, 0.3) is 5.91 Å². The normalized spacial score (nSPS) is 15.4. The number of rotatable bonds is 5. The monoisotopic (exact) mass is 556 g/mol. The molecule has 0 radical (unpaired) electrons. The van der Waals surface area contributed by atoms with E-state index in [0.717, 1.165) is 24.5 Å². The average molecular weight is 559 g/mol. The lowest BCUT2D eigenvalue weighted by molar-refractivity contribution is -0.123. The topological polar surface area (TPSA) is 58.6 Å². The highest BCUT2D eigenvalue weighted by Crippen LogP contribution is 2.35. The average Bonchev–Trinajstić information content (AvgIpc) is 2.87. The molecule has 3 rings (SSSR count). The van der Waals surface area contributed by atoms with Crippen molar-refractivity contribution < 1.29 is 14.3 Å². The Labute approximate surface area is 182 Å². The summed E-state index contributed by atoms with van der Waals surface area (Å²) in [4.78, 5) is 26.1. The van der Waals surface area contributed by atoms with Crippen LogP contribution in [0.1, 0.15) is 18.1 Å². The Kier molecular flexibility index (Phi) is 6.39. The van der Waals surface area contributed by atoms with Crippen molar-refractivity contribution in [1.82, 2.24) is 10.2 Å². The summed E-state index contributed by atoms with van der Waals surface area (Å²) in [7, 11) is 0. The van der Waals surface area contributed by atoms with Gasteiger partial charge in [0.05, 0.1) is 22.1 Å². The van der Waals surface area contributed by atoms with Crippen LogP contribution < -0.4 is 10.1 Å². The van der Waals surface area contributed by atoms with Crippen molar-refractivity contribution in [3.05, 3.63) is 66.6 Å². The second-order valence-electron chi connectivity index (χ2n) is 5.75. The van der Waals surface area contributed by atoms with Crippen LogP contribution >= 0.6 is 47.8 Å². The molecule has 0 saturated carbocycles. The van der Waals surface area contributed by atoms with Crippen molar-refractivity contribution in [3.8, 4) is 5.75 Å². The molecule has 0 spiro atoms. The molecular formula is C19H15Br3N2O3. The van der Waals surface area contributed by atoms with Gasteiger partial charge in [-0.1, -0.05) is 28.1 Å². The first-order valence-electron chi connectivity index (χ1n) is 8.10. The zero-order valence-corrected chi connectivity index (χ0v) is 19.0. The summed E-state index contributed by atoms with van der Waals surface area (Å²) in [5, 5.41) is 2.64. The molecule has 1 aliphatic rings. The number of benzene rings is 2. The number of hydrogen-bond acceptors (Lipinski definition) is 3. The van der Waals surface area contributed by atoms with Gasteiger partial charge in [0.15, 0.2) is 0 Å². The molecule has 0 atom stereocenters. The van der Waals surface area contributed by atoms with Crippen LogP contribution in [0.4, 0.5) is 4.79 Å². The molecule has 2 aromatic carbocycles. The fourth-order valence-electron chi connectivity index (χ4n) is 2.60. The Balaban J connectivity index is 1.82. The van der Waals surface area contributed by atoms with Crippen molar-refractivity contribution in [2.45, 2.75) is 13.5 Å². The highest BCUT2D eigenvalue weighted by molar-refractivity contribution is 9.11. The molecule has 8 heteroatoms. The predicted octanol–water partition coefficient (Wildman–Crippen LogP) is 5.47. The molecule has 1 heterocycles. The number of ether oxygens (including phenoxy) is 1. The fraction of sp³-hybridized carbons (Fsp3) is 0.158. The Morgan fingerprint density at radius 2 is 1.70 bits per heavy atom. The first-order valence-corrected chi connectivity index (χ1v) is 10.5. The Morgan fingerprint density at radius 1 is 1.07 bits per heavy atom. The molecule has 1 N–H and O–H groups in total. The second kappa shape index (κ2) is 8.58. The summed E-state index contributed by atoms with van der Waals surface area (Å²) >= 11 is 10.3. The minimum absolute atomic E-state index is 0.214. The van der Waals surface area contributed by atoms with Gasteiger partial charge in [-0.15, -0.1) is 0 Å². The first kappa shape index (κ1) is 20.1. The standard InChI is InChI=1S/C19H15Br3N2O3/c1-2-27-17-14(21)7-12(8-15(17)22)9-16-18(25)24(19(26)23-16)10-11-3-5-13(20)6-4-11/h3-9H,2,10H2,1H3,(H,23,26)/b16-9+. The van der Waals surface area contributed by atoms with Crippen molar-refractivity contribution in [2.24, 2.45) is 0 Å². The van der Waals surface area contributed by atoms with E-state index in [4.69, 9.17) is 4.74 Å². The number of halogens is 3. The Morgan fingerprint density at radius 3 is 2.30 bits per heavy atom. The van der Waals surface area contributed by atoms with Crippen LogP contribution in [0.25, 0.3) is 6.08 Å². The number of carbonyl (C=O) groups is 2. The van der Waals surface area contributed by atoms with E-state index in [1.54, 1.807) is 6.08 Å². The fourth-order valence-corrected chi connectivity index (χ4v) is 4.31. The SMILES string of the molecule is CCOc1c(Br)cc(/C=C2/NC(=O)N(Cc3ccc(Br)cc3)C2=O)cc1Br. The van der Waals surface area contributed by atoms with E-state index in [0.29, 0.717) is 12.4 Å². The maximum Gasteiger partial charge on any atom is 0.329 e. The highest BCUT2D eigenvalue weighted by Gasteiger charge is 2.33. The first-order chi connectivity index (χ1) is 12.9. The summed E-state index contributed by atoms with van der Waals surface area (Å²) in [6, 6.07) is 10.7. The minimum atomic E-state index is -0.432. The van der Waals surface area contributed by atoms with E-state index in [9.17, 15) is 9.59 Å². The number of amides is 3. The quantitative estimate of drug-likeness (QED) is 0.391. The maximum atomic E-state index is 12.6. The van der Waals surface area contributed by atoms with E-state index in [1.807, 2.05) is 43.3 Å². The number of imide groups is 1. The highest BCUT2D eigenvalue weighted by atomic mass is 79.9. The van der Waals surface area contributed by atoms with Gasteiger partial charge in [0.1, 0.15) is 11.4 Å². The van der Waals surface area contributed by atoms with Gasteiger partial charge in [0, 0.05) is 4.47 Å². The molecule has 0 aromatic heterocycles. The molecule has 0 unspecified atom stereocenters. The number of nitrogens with zero attached hydrogens (tertiary/aromatic N) is 1. The second-order valence-corrected chi connectivity index (χ2v) is 8.38. The van der Waals surface area contributed by atoms with Crippen LogP contribution in [0.15, 0.2) is 55.5 Å². The molecular weight excluding hydrogens is 544 g/mol. The van der Waals surface area contributed by atoms with Gasteiger partial charge in [-0.3, -0.25) is 9.69 Å². The zero-order chi connectivity index (χ0) is 19.6. The van der Waals surface area contributed by atoms with E-state index >= 15 is 0 Å². The summed E-state index contributed by atoms with van der Waals surface area (Å²) in [6.07, 6.45) is 1.65. The number of hydrogen-bond donors (Lipinski definition) is 1. The smallest absolute Gasteiger partial charge is 0.329 e. The molecule has 2 aromatic rings. The maximum absolute atomic E-state index is 12.6. The van der Waals surface area contributed by atoms with Gasteiger partial charge in [-0.2, -0.15) is 0 Å². The number of carbonyl (C=O) groups excluding carboxylic acids is 2. The molecule has 27 heavy (non-hydrogen) atoms. The summed E-state index contributed by atoms with van der Waals surface area (Å²) in [6.45, 7) is 2.66. The van der Waals surface area contributed by atoms with E-state index < -0.39 is 6.03 Å². The third-order valence-corrected chi connectivity index (χ3v) is 5.54. The van der Waals surface area contributed by atoms with Crippen molar-refractivity contribution in [2.75, 3.05) is 6.61 Å². The van der Waals surface area contributed by atoms with E-state index in [1.165, 1.54) is 4.90 Å². The van der Waals surface area contributed by atoms with Crippen molar-refractivity contribution in [1.29, 1.82) is 0 Å². The molecule has 3 amide bonds. The van der Waals surface area contributed by atoms with Crippen molar-refractivity contribution in [3.63, 3.8) is 0 Å². The predicted molar refractivity (Wildman–Crippen MR) is 114 cm³/mol. The molecule has 1 saturated heterocycles. The Hall–Kier alpha value is -1.64. The van der Waals surface area contributed by atoms with Crippen LogP contribution in [-0.4, -0.2) is 23.4 Å². The summed E-state index contributed by atoms with van der Waals surface area (Å²) < 4.78 is 8.02. The molecule has 5 nitrogen and oxygen atoms in total. The van der Waals surface area contributed by atoms with E-state index in [-0.39, 0.29) is 18.1 Å². The number of nitrogens with one attached hydrogen (secondary N) is 1. The molecule has 0 aliphatic carbocycles. The van der Waals surface area contributed by atoms with Crippen molar-refractivity contribution >= 4 is 65.8 Å². The molecule has 140 valence electrons. The van der Waals surface area contributed by atoms with Crippen LogP contribution in [0.2, 0.25) is 0 Å². The molecule has 1 aliphatic heterocycles. The van der Waals surface area contributed by atoms with Crippen LogP contribution in [0.3, 0.4) is 0 Å². The largest absolute Gasteiger partial charge is 0.492 e. The van der Waals surface area contributed by atoms with Crippen LogP contribution in [-0.2, 0) is 11.3 Å². The van der Waals surface area contributed by atoms with Crippen LogP contribution in [0.5, 0.6) is 5.75 Å². The molecule has 1 fully saturated rings. The van der Waals surface area contributed by atoms with Gasteiger partial charge in [0.2, 0.25) is 0 Å². The Bertz CT molecular complexity index is 903. The minimum Gasteiger partial charge on any atom is -0.492 e. The summed E-state index contributed by atoms with van der Waals surface area (Å²) in [5.74, 6) is 0.336. The van der Waals surface area contributed by atoms with Gasteiger partial charge in [-0.25, -0.2) is 4.79 Å². The summed E-state index contributed by atoms with van der Waals surface area (Å²) in [5.41, 5.74) is 1.86. The number of urea groups is 1. The third-order valence-electron chi connectivity index (χ3n) is 3.84. The third kappa shape index (κ3) is 4.62. The lowest BCUT2D eigenvalue weighted by atomic mass is 10.1. The lowest BCUT2D eigenvalue weighted by Crippen LogP contribution is -2.30. The zero-order valence-electron chi connectivity index (χ0n) is 14.3. The van der Waals surface area contributed by atoms with Gasteiger partial charge in [-0.05, 0) is 80.3 Å². The molecule has 0 bridgehead atoms. The van der Waals surface area contributed by atoms with Crippen LogP contribution in [0, 0.1) is 0 Å². The van der Waals surface area contributed by atoms with E-state index in [2.05, 4.69) is 53.1 Å². The van der Waals surface area contributed by atoms with Gasteiger partial charge >= 0.3 is 6.03 Å².